The lowest BCUT2D eigenvalue weighted by atomic mass is 9.92. The lowest BCUT2D eigenvalue weighted by molar-refractivity contribution is 0.0670. The normalized spacial score (nSPS) is 15.7. The zero-order valence-corrected chi connectivity index (χ0v) is 16.4. The van der Waals surface area contributed by atoms with Crippen LogP contribution in [0, 0.1) is 0 Å². The molecule has 0 N–H and O–H groups in total. The van der Waals surface area contributed by atoms with Gasteiger partial charge in [0.15, 0.2) is 11.5 Å². The third-order valence-electron chi connectivity index (χ3n) is 5.09. The Labute approximate surface area is 159 Å². The van der Waals surface area contributed by atoms with Crippen LogP contribution in [-0.2, 0) is 6.42 Å². The second-order valence-corrected chi connectivity index (χ2v) is 6.37. The average molecular weight is 371 g/mol. The van der Waals surface area contributed by atoms with Gasteiger partial charge < -0.3 is 23.8 Å². The quantitative estimate of drug-likeness (QED) is 0.805. The first-order chi connectivity index (χ1) is 13.0. The van der Waals surface area contributed by atoms with Crippen molar-refractivity contribution in [2.24, 2.45) is 0 Å². The summed E-state index contributed by atoms with van der Waals surface area (Å²) < 4.78 is 21.7. The molecule has 1 aliphatic rings. The van der Waals surface area contributed by atoms with Gasteiger partial charge in [-0.05, 0) is 48.7 Å². The first kappa shape index (κ1) is 18.9. The second kappa shape index (κ2) is 7.78. The van der Waals surface area contributed by atoms with Crippen LogP contribution >= 0.6 is 0 Å². The van der Waals surface area contributed by atoms with E-state index in [-0.39, 0.29) is 11.9 Å². The molecule has 2 aromatic carbocycles. The molecule has 0 spiro atoms. The Bertz CT molecular complexity index is 826. The standard InChI is InChI=1S/C21H25NO5/c1-13-15-12-19(27-5)18(26-4)11-14(15)9-10-22(13)21(23)20-16(24-2)7-6-8-17(20)25-3/h6-8,11-13H,9-10H2,1-5H3. The monoisotopic (exact) mass is 371 g/mol. The summed E-state index contributed by atoms with van der Waals surface area (Å²) >= 11 is 0. The first-order valence-corrected chi connectivity index (χ1v) is 8.82. The molecule has 0 aromatic heterocycles. The van der Waals surface area contributed by atoms with E-state index < -0.39 is 0 Å². The average Bonchev–Trinajstić information content (AvgIpc) is 2.71. The van der Waals surface area contributed by atoms with E-state index in [1.807, 2.05) is 24.0 Å². The van der Waals surface area contributed by atoms with E-state index in [4.69, 9.17) is 18.9 Å². The van der Waals surface area contributed by atoms with Gasteiger partial charge in [0.05, 0.1) is 34.5 Å². The lowest BCUT2D eigenvalue weighted by Gasteiger charge is -2.36. The minimum atomic E-state index is -0.115. The van der Waals surface area contributed by atoms with Crippen molar-refractivity contribution in [1.82, 2.24) is 4.90 Å². The summed E-state index contributed by atoms with van der Waals surface area (Å²) in [5.74, 6) is 2.26. The van der Waals surface area contributed by atoms with E-state index in [2.05, 4.69) is 0 Å². The molecule has 1 atom stereocenters. The second-order valence-electron chi connectivity index (χ2n) is 6.37. The molecule has 6 nitrogen and oxygen atoms in total. The molecule has 0 bridgehead atoms. The number of benzene rings is 2. The number of hydrogen-bond acceptors (Lipinski definition) is 5. The highest BCUT2D eigenvalue weighted by Gasteiger charge is 2.32. The van der Waals surface area contributed by atoms with Crippen LogP contribution in [0.3, 0.4) is 0 Å². The predicted molar refractivity (Wildman–Crippen MR) is 102 cm³/mol. The molecule has 0 fully saturated rings. The van der Waals surface area contributed by atoms with Gasteiger partial charge in [0.2, 0.25) is 0 Å². The number of methoxy groups -OCH3 is 4. The molecular weight excluding hydrogens is 346 g/mol. The molecule has 0 saturated heterocycles. The molecule has 1 amide bonds. The fraction of sp³-hybridized carbons (Fsp3) is 0.381. The maximum atomic E-state index is 13.4. The molecule has 0 saturated carbocycles. The van der Waals surface area contributed by atoms with E-state index in [0.717, 1.165) is 17.5 Å². The summed E-state index contributed by atoms with van der Waals surface area (Å²) in [7, 11) is 6.34. The van der Waals surface area contributed by atoms with Crippen LogP contribution in [-0.4, -0.2) is 45.8 Å². The summed E-state index contributed by atoms with van der Waals surface area (Å²) in [4.78, 5) is 15.2. The lowest BCUT2D eigenvalue weighted by Crippen LogP contribution is -2.39. The Hall–Kier alpha value is -2.89. The predicted octanol–water partition coefficient (Wildman–Crippen LogP) is 3.48. The van der Waals surface area contributed by atoms with Gasteiger partial charge in [-0.15, -0.1) is 0 Å². The molecule has 3 rings (SSSR count). The third-order valence-corrected chi connectivity index (χ3v) is 5.09. The molecule has 27 heavy (non-hydrogen) atoms. The summed E-state index contributed by atoms with van der Waals surface area (Å²) in [6.45, 7) is 2.62. The molecule has 2 aromatic rings. The highest BCUT2D eigenvalue weighted by atomic mass is 16.5. The van der Waals surface area contributed by atoms with Crippen molar-refractivity contribution in [3.8, 4) is 23.0 Å². The van der Waals surface area contributed by atoms with Crippen molar-refractivity contribution in [1.29, 1.82) is 0 Å². The minimum absolute atomic E-state index is 0.114. The SMILES string of the molecule is COc1cc2c(cc1OC)C(C)N(C(=O)c1c(OC)cccc1OC)CC2. The van der Waals surface area contributed by atoms with Crippen LogP contribution in [0.5, 0.6) is 23.0 Å². The largest absolute Gasteiger partial charge is 0.496 e. The van der Waals surface area contributed by atoms with E-state index in [0.29, 0.717) is 35.1 Å². The Balaban J connectivity index is 2.00. The van der Waals surface area contributed by atoms with Crippen LogP contribution in [0.15, 0.2) is 30.3 Å². The van der Waals surface area contributed by atoms with Gasteiger partial charge >= 0.3 is 0 Å². The van der Waals surface area contributed by atoms with Crippen LogP contribution in [0.2, 0.25) is 0 Å². The van der Waals surface area contributed by atoms with Crippen molar-refractivity contribution < 1.29 is 23.7 Å². The van der Waals surface area contributed by atoms with Crippen molar-refractivity contribution in [3.05, 3.63) is 47.0 Å². The van der Waals surface area contributed by atoms with E-state index in [1.54, 1.807) is 46.6 Å². The Kier molecular flexibility index (Phi) is 5.44. The number of nitrogens with zero attached hydrogens (tertiary/aromatic N) is 1. The smallest absolute Gasteiger partial charge is 0.261 e. The number of amides is 1. The molecule has 1 unspecified atom stereocenters. The highest BCUT2D eigenvalue weighted by molar-refractivity contribution is 6.00. The van der Waals surface area contributed by atoms with E-state index >= 15 is 0 Å². The number of hydrogen-bond donors (Lipinski definition) is 0. The number of ether oxygens (including phenoxy) is 4. The summed E-state index contributed by atoms with van der Waals surface area (Å²) in [5.41, 5.74) is 2.66. The molecule has 1 heterocycles. The van der Waals surface area contributed by atoms with Gasteiger partial charge in [-0.25, -0.2) is 0 Å². The van der Waals surface area contributed by atoms with Crippen molar-refractivity contribution >= 4 is 5.91 Å². The van der Waals surface area contributed by atoms with Gasteiger partial charge in [0, 0.05) is 6.54 Å². The first-order valence-electron chi connectivity index (χ1n) is 8.82. The van der Waals surface area contributed by atoms with Crippen molar-refractivity contribution in [2.75, 3.05) is 35.0 Å². The summed E-state index contributed by atoms with van der Waals surface area (Å²) in [5, 5.41) is 0. The fourth-order valence-electron chi connectivity index (χ4n) is 3.63. The number of rotatable bonds is 5. The number of carbonyl (C=O) groups excluding carboxylic acids is 1. The van der Waals surface area contributed by atoms with Crippen molar-refractivity contribution in [3.63, 3.8) is 0 Å². The molecule has 6 heteroatoms. The minimum Gasteiger partial charge on any atom is -0.496 e. The van der Waals surface area contributed by atoms with E-state index in [9.17, 15) is 4.79 Å². The van der Waals surface area contributed by atoms with Gasteiger partial charge in [0.25, 0.3) is 5.91 Å². The maximum Gasteiger partial charge on any atom is 0.261 e. The zero-order chi connectivity index (χ0) is 19.6. The van der Waals surface area contributed by atoms with Crippen LogP contribution < -0.4 is 18.9 Å². The molecule has 144 valence electrons. The topological polar surface area (TPSA) is 57.2 Å². The van der Waals surface area contributed by atoms with Crippen LogP contribution in [0.1, 0.15) is 34.5 Å². The van der Waals surface area contributed by atoms with Gasteiger partial charge in [-0.1, -0.05) is 6.07 Å². The Morgan fingerprint density at radius 1 is 0.926 bits per heavy atom. The van der Waals surface area contributed by atoms with Crippen molar-refractivity contribution in [2.45, 2.75) is 19.4 Å². The molecule has 1 aliphatic heterocycles. The summed E-state index contributed by atoms with van der Waals surface area (Å²) in [6, 6.07) is 9.18. The van der Waals surface area contributed by atoms with Crippen LogP contribution in [0.25, 0.3) is 0 Å². The number of fused-ring (bicyclic) bond motifs is 1. The Morgan fingerprint density at radius 2 is 1.48 bits per heavy atom. The molecular formula is C21H25NO5. The fourth-order valence-corrected chi connectivity index (χ4v) is 3.63. The van der Waals surface area contributed by atoms with Gasteiger partial charge in [0.1, 0.15) is 17.1 Å². The van der Waals surface area contributed by atoms with Crippen LogP contribution in [0.4, 0.5) is 0 Å². The van der Waals surface area contributed by atoms with Gasteiger partial charge in [-0.2, -0.15) is 0 Å². The third kappa shape index (κ3) is 3.27. The van der Waals surface area contributed by atoms with E-state index in [1.165, 1.54) is 0 Å². The Morgan fingerprint density at radius 3 is 2.04 bits per heavy atom. The molecule has 0 aliphatic carbocycles. The highest BCUT2D eigenvalue weighted by Crippen LogP contribution is 2.39. The van der Waals surface area contributed by atoms with Gasteiger partial charge in [-0.3, -0.25) is 4.79 Å². The zero-order valence-electron chi connectivity index (χ0n) is 16.4. The summed E-state index contributed by atoms with van der Waals surface area (Å²) in [6.07, 6.45) is 0.739. The molecule has 0 radical (unpaired) electrons. The maximum absolute atomic E-state index is 13.4. The number of carbonyl (C=O) groups is 1.